The first-order chi connectivity index (χ1) is 8.05. The molecule has 1 aromatic carbocycles. The highest BCUT2D eigenvalue weighted by atomic mass is 79.9. The molecule has 1 rings (SSSR count). The summed E-state index contributed by atoms with van der Waals surface area (Å²) in [5.74, 6) is -0.922. The van der Waals surface area contributed by atoms with E-state index in [1.165, 1.54) is 32.0 Å². The lowest BCUT2D eigenvalue weighted by Gasteiger charge is -2.21. The Morgan fingerprint density at radius 3 is 2.44 bits per heavy atom. The molecule has 18 heavy (non-hydrogen) atoms. The van der Waals surface area contributed by atoms with E-state index in [0.29, 0.717) is 10.0 Å². The van der Waals surface area contributed by atoms with Gasteiger partial charge >= 0.3 is 0 Å². The van der Waals surface area contributed by atoms with Crippen LogP contribution in [0, 0.1) is 5.82 Å². The van der Waals surface area contributed by atoms with Gasteiger partial charge in [-0.25, -0.2) is 12.8 Å². The maximum atomic E-state index is 13.1. The largest absolute Gasteiger partial charge is 0.298 e. The monoisotopic (exact) mass is 336 g/mol. The van der Waals surface area contributed by atoms with E-state index < -0.39 is 26.2 Å². The highest BCUT2D eigenvalue weighted by Gasteiger charge is 2.37. The molecule has 6 heteroatoms. The predicted molar refractivity (Wildman–Crippen MR) is 71.7 cm³/mol. The van der Waals surface area contributed by atoms with Crippen LogP contribution in [0.4, 0.5) is 4.39 Å². The average molecular weight is 337 g/mol. The third-order valence-electron chi connectivity index (χ3n) is 2.96. The Hall–Kier alpha value is -0.750. The molecule has 0 saturated heterocycles. The molecule has 0 saturated carbocycles. The van der Waals surface area contributed by atoms with Gasteiger partial charge in [0.15, 0.2) is 15.6 Å². The van der Waals surface area contributed by atoms with Crippen LogP contribution in [0.3, 0.4) is 0 Å². The van der Waals surface area contributed by atoms with Crippen molar-refractivity contribution in [3.05, 3.63) is 34.1 Å². The second-order valence-electron chi connectivity index (χ2n) is 4.62. The summed E-state index contributed by atoms with van der Waals surface area (Å²) < 4.78 is 35.2. The third-order valence-corrected chi connectivity index (χ3v) is 5.81. The van der Waals surface area contributed by atoms with Gasteiger partial charge in [-0.05, 0) is 37.6 Å². The van der Waals surface area contributed by atoms with Crippen LogP contribution in [0.25, 0.3) is 0 Å². The van der Waals surface area contributed by atoms with E-state index in [1.54, 1.807) is 0 Å². The number of carbonyl (C=O) groups excluding carboxylic acids is 1. The molecule has 0 amide bonds. The number of hydrogen-bond donors (Lipinski definition) is 0. The normalized spacial score (nSPS) is 12.5. The Morgan fingerprint density at radius 2 is 1.94 bits per heavy atom. The smallest absolute Gasteiger partial charge is 0.159 e. The molecule has 0 bridgehead atoms. The summed E-state index contributed by atoms with van der Waals surface area (Å²) in [7, 11) is -3.50. The molecule has 0 spiro atoms. The van der Waals surface area contributed by atoms with Gasteiger partial charge in [-0.3, -0.25) is 4.79 Å². The summed E-state index contributed by atoms with van der Waals surface area (Å²) in [6.07, 6.45) is 0.893. The number of carbonyl (C=O) groups is 1. The van der Waals surface area contributed by atoms with Gasteiger partial charge in [-0.15, -0.1) is 0 Å². The molecular formula is C12H14BrFO3S. The zero-order chi connectivity index (χ0) is 14.1. The zero-order valence-electron chi connectivity index (χ0n) is 10.3. The molecule has 0 atom stereocenters. The van der Waals surface area contributed by atoms with Crippen LogP contribution in [-0.2, 0) is 21.1 Å². The summed E-state index contributed by atoms with van der Waals surface area (Å²) in [5, 5.41) is 0. The van der Waals surface area contributed by atoms with Crippen molar-refractivity contribution in [2.75, 3.05) is 6.26 Å². The van der Waals surface area contributed by atoms with Crippen LogP contribution in [0.5, 0.6) is 0 Å². The van der Waals surface area contributed by atoms with Crippen molar-refractivity contribution < 1.29 is 17.6 Å². The fraction of sp³-hybridized carbons (Fsp3) is 0.417. The zero-order valence-corrected chi connectivity index (χ0v) is 12.7. The first kappa shape index (κ1) is 15.3. The fourth-order valence-electron chi connectivity index (χ4n) is 1.27. The lowest BCUT2D eigenvalue weighted by atomic mass is 10.0. The van der Waals surface area contributed by atoms with E-state index in [4.69, 9.17) is 0 Å². The lowest BCUT2D eigenvalue weighted by Crippen LogP contribution is -2.41. The van der Waals surface area contributed by atoms with Gasteiger partial charge in [-0.1, -0.05) is 15.9 Å². The van der Waals surface area contributed by atoms with Crippen molar-refractivity contribution in [2.45, 2.75) is 25.0 Å². The van der Waals surface area contributed by atoms with Crippen LogP contribution in [0.1, 0.15) is 19.4 Å². The molecule has 0 fully saturated rings. The average Bonchev–Trinajstić information content (AvgIpc) is 2.21. The summed E-state index contributed by atoms with van der Waals surface area (Å²) in [6, 6.07) is 3.98. The van der Waals surface area contributed by atoms with E-state index in [9.17, 15) is 17.6 Å². The van der Waals surface area contributed by atoms with Gasteiger partial charge in [-0.2, -0.15) is 0 Å². The maximum Gasteiger partial charge on any atom is 0.159 e. The summed E-state index contributed by atoms with van der Waals surface area (Å²) >= 11 is 3.21. The summed E-state index contributed by atoms with van der Waals surface area (Å²) in [4.78, 5) is 12.0. The standard InChI is InChI=1S/C12H14BrFO3S/c1-12(2,18(3,16)17)11(15)7-8-6-9(14)4-5-10(8)13/h4-6H,7H2,1-3H3. The third kappa shape index (κ3) is 3.17. The quantitative estimate of drug-likeness (QED) is 0.848. The molecule has 0 aliphatic carbocycles. The topological polar surface area (TPSA) is 51.2 Å². The molecule has 1 aromatic rings. The first-order valence-electron chi connectivity index (χ1n) is 5.22. The van der Waals surface area contributed by atoms with Gasteiger partial charge in [0.2, 0.25) is 0 Å². The Morgan fingerprint density at radius 1 is 1.39 bits per heavy atom. The number of sulfone groups is 1. The Bertz CT molecular complexity index is 579. The minimum Gasteiger partial charge on any atom is -0.298 e. The number of ketones is 1. The van der Waals surface area contributed by atoms with Gasteiger partial charge < -0.3 is 0 Å². The van der Waals surface area contributed by atoms with Crippen LogP contribution in [-0.4, -0.2) is 25.2 Å². The second kappa shape index (κ2) is 5.09. The number of halogens is 2. The minimum absolute atomic E-state index is 0.127. The fourth-order valence-corrected chi connectivity index (χ4v) is 2.14. The van der Waals surface area contributed by atoms with Crippen molar-refractivity contribution in [3.8, 4) is 0 Å². The maximum absolute atomic E-state index is 13.1. The molecule has 0 N–H and O–H groups in total. The van der Waals surface area contributed by atoms with Crippen molar-refractivity contribution in [1.29, 1.82) is 0 Å². The van der Waals surface area contributed by atoms with Crippen LogP contribution < -0.4 is 0 Å². The Kier molecular flexibility index (Phi) is 4.33. The van der Waals surface area contributed by atoms with Gasteiger partial charge in [0.25, 0.3) is 0 Å². The molecule has 0 aliphatic rings. The minimum atomic E-state index is -3.50. The molecule has 0 aromatic heterocycles. The summed E-state index contributed by atoms with van der Waals surface area (Å²) in [6.45, 7) is 2.72. The van der Waals surface area contributed by atoms with E-state index in [0.717, 1.165) is 6.26 Å². The van der Waals surface area contributed by atoms with Crippen molar-refractivity contribution in [2.24, 2.45) is 0 Å². The molecular weight excluding hydrogens is 323 g/mol. The number of rotatable bonds is 4. The van der Waals surface area contributed by atoms with Gasteiger partial charge in [0.05, 0.1) is 0 Å². The molecule has 0 unspecified atom stereocenters. The van der Waals surface area contributed by atoms with E-state index >= 15 is 0 Å². The molecule has 0 aliphatic heterocycles. The molecule has 3 nitrogen and oxygen atoms in total. The van der Waals surface area contributed by atoms with Crippen LogP contribution in [0.2, 0.25) is 0 Å². The van der Waals surface area contributed by atoms with Crippen LogP contribution >= 0.6 is 15.9 Å². The van der Waals surface area contributed by atoms with Crippen molar-refractivity contribution in [1.82, 2.24) is 0 Å². The lowest BCUT2D eigenvalue weighted by molar-refractivity contribution is -0.120. The van der Waals surface area contributed by atoms with E-state index in [1.807, 2.05) is 0 Å². The molecule has 0 radical (unpaired) electrons. The van der Waals surface area contributed by atoms with Gasteiger partial charge in [0.1, 0.15) is 10.6 Å². The highest BCUT2D eigenvalue weighted by molar-refractivity contribution is 9.10. The van der Waals surface area contributed by atoms with Crippen molar-refractivity contribution in [3.63, 3.8) is 0 Å². The predicted octanol–water partition coefficient (Wildman–Crippen LogP) is 2.52. The van der Waals surface area contributed by atoms with Crippen molar-refractivity contribution >= 4 is 31.6 Å². The molecule has 0 heterocycles. The van der Waals surface area contributed by atoms with E-state index in [2.05, 4.69) is 15.9 Å². The second-order valence-corrected chi connectivity index (χ2v) is 8.04. The number of Topliss-reactive ketones (excluding diaryl/α,β-unsaturated/α-hetero) is 1. The molecule has 100 valence electrons. The number of benzene rings is 1. The first-order valence-corrected chi connectivity index (χ1v) is 7.91. The number of hydrogen-bond acceptors (Lipinski definition) is 3. The highest BCUT2D eigenvalue weighted by Crippen LogP contribution is 2.23. The van der Waals surface area contributed by atoms with Crippen LogP contribution in [0.15, 0.2) is 22.7 Å². The Balaban J connectivity index is 3.06. The SMILES string of the molecule is CC(C)(C(=O)Cc1cc(F)ccc1Br)S(C)(=O)=O. The summed E-state index contributed by atoms with van der Waals surface area (Å²) in [5.41, 5.74) is 0.441. The Labute approximate surface area is 114 Å². The van der Waals surface area contributed by atoms with Gasteiger partial charge in [0, 0.05) is 17.1 Å². The van der Waals surface area contributed by atoms with E-state index in [-0.39, 0.29) is 6.42 Å².